The first kappa shape index (κ1) is 16.0. The van der Waals surface area contributed by atoms with Crippen LogP contribution in [0.25, 0.3) is 0 Å². The Morgan fingerprint density at radius 2 is 2.26 bits per heavy atom. The molecule has 0 aromatic carbocycles. The maximum Gasteiger partial charge on any atom is 0.100 e. The van der Waals surface area contributed by atoms with E-state index in [4.69, 9.17) is 5.41 Å². The Kier molecular flexibility index (Phi) is 7.49. The summed E-state index contributed by atoms with van der Waals surface area (Å²) < 4.78 is 0. The van der Waals surface area contributed by atoms with Crippen LogP contribution in [0.3, 0.4) is 0 Å². The summed E-state index contributed by atoms with van der Waals surface area (Å²) in [5.41, 5.74) is 2.03. The minimum Gasteiger partial charge on any atom is -0.293 e. The van der Waals surface area contributed by atoms with E-state index in [2.05, 4.69) is 24.9 Å². The summed E-state index contributed by atoms with van der Waals surface area (Å²) in [6, 6.07) is 1.95. The van der Waals surface area contributed by atoms with Gasteiger partial charge in [0.1, 0.15) is 5.04 Å². The van der Waals surface area contributed by atoms with Crippen LogP contribution in [0.4, 0.5) is 0 Å². The Labute approximate surface area is 121 Å². The summed E-state index contributed by atoms with van der Waals surface area (Å²) in [6.07, 6.45) is 10.9. The summed E-state index contributed by atoms with van der Waals surface area (Å²) in [7, 11) is 0. The average Bonchev–Trinajstić information content (AvgIpc) is 2.39. The van der Waals surface area contributed by atoms with Crippen LogP contribution < -0.4 is 0 Å². The second-order valence-corrected chi connectivity index (χ2v) is 5.86. The van der Waals surface area contributed by atoms with Crippen LogP contribution in [0.15, 0.2) is 29.9 Å². The Bertz CT molecular complexity index is 427. The van der Waals surface area contributed by atoms with Crippen LogP contribution in [0, 0.1) is 18.3 Å². The monoisotopic (exact) mass is 276 g/mol. The largest absolute Gasteiger partial charge is 0.293 e. The van der Waals surface area contributed by atoms with Gasteiger partial charge in [0.15, 0.2) is 0 Å². The van der Waals surface area contributed by atoms with Crippen molar-refractivity contribution in [3.8, 4) is 0 Å². The third kappa shape index (κ3) is 6.06. The number of unbranched alkanes of at least 4 members (excludes halogenated alkanes) is 2. The molecule has 104 valence electrons. The van der Waals surface area contributed by atoms with Crippen molar-refractivity contribution in [2.45, 2.75) is 46.5 Å². The summed E-state index contributed by atoms with van der Waals surface area (Å²) in [6.45, 7) is 6.49. The number of allylic oxidation sites excluding steroid dienone is 1. The lowest BCUT2D eigenvalue weighted by Gasteiger charge is -2.06. The Morgan fingerprint density at radius 3 is 2.95 bits per heavy atom. The predicted molar refractivity (Wildman–Crippen MR) is 85.8 cm³/mol. The standard InChI is InChI=1S/C16H24N2S/c1-4-5-6-7-13(2)9-11-19-16(17)15-12-18-10-8-14(15)3/h8-13,17H,4-7H2,1-3H3/b11-9+,17-16?. The minimum atomic E-state index is 0.572. The highest BCUT2D eigenvalue weighted by Crippen LogP contribution is 2.18. The number of nitrogens with zero attached hydrogens (tertiary/aromatic N) is 1. The van der Waals surface area contributed by atoms with Crippen molar-refractivity contribution in [3.05, 3.63) is 41.1 Å². The topological polar surface area (TPSA) is 36.7 Å². The molecule has 1 N–H and O–H groups in total. The van der Waals surface area contributed by atoms with E-state index in [9.17, 15) is 0 Å². The van der Waals surface area contributed by atoms with Crippen molar-refractivity contribution in [2.75, 3.05) is 0 Å². The number of thioether (sulfide) groups is 1. The van der Waals surface area contributed by atoms with Gasteiger partial charge in [-0.3, -0.25) is 10.4 Å². The number of hydrogen-bond donors (Lipinski definition) is 1. The molecule has 0 fully saturated rings. The smallest absolute Gasteiger partial charge is 0.100 e. The molecule has 2 nitrogen and oxygen atoms in total. The SMILES string of the molecule is CCCCCC(C)/C=C/SC(=N)c1cnccc1C. The number of rotatable bonds is 7. The van der Waals surface area contributed by atoms with Gasteiger partial charge in [-0.05, 0) is 36.3 Å². The molecule has 1 heterocycles. The van der Waals surface area contributed by atoms with E-state index < -0.39 is 0 Å². The lowest BCUT2D eigenvalue weighted by atomic mass is 10.0. The van der Waals surface area contributed by atoms with E-state index in [0.29, 0.717) is 11.0 Å². The molecule has 0 amide bonds. The predicted octanol–water partition coefficient (Wildman–Crippen LogP) is 5.18. The van der Waals surface area contributed by atoms with Gasteiger partial charge >= 0.3 is 0 Å². The Morgan fingerprint density at radius 1 is 1.47 bits per heavy atom. The molecule has 1 aromatic rings. The van der Waals surface area contributed by atoms with Crippen molar-refractivity contribution in [3.63, 3.8) is 0 Å². The van der Waals surface area contributed by atoms with Crippen molar-refractivity contribution in [2.24, 2.45) is 5.92 Å². The molecule has 3 heteroatoms. The zero-order chi connectivity index (χ0) is 14.1. The molecular weight excluding hydrogens is 252 g/mol. The van der Waals surface area contributed by atoms with E-state index in [1.165, 1.54) is 37.4 Å². The molecule has 0 radical (unpaired) electrons. The van der Waals surface area contributed by atoms with E-state index in [-0.39, 0.29) is 0 Å². The van der Waals surface area contributed by atoms with Crippen molar-refractivity contribution < 1.29 is 0 Å². The highest BCUT2D eigenvalue weighted by atomic mass is 32.2. The summed E-state index contributed by atoms with van der Waals surface area (Å²) in [5.74, 6) is 0.599. The van der Waals surface area contributed by atoms with Crippen molar-refractivity contribution >= 4 is 16.8 Å². The summed E-state index contributed by atoms with van der Waals surface area (Å²) in [5, 5.41) is 10.7. The number of pyridine rings is 1. The van der Waals surface area contributed by atoms with Crippen LogP contribution in [0.2, 0.25) is 0 Å². The molecule has 0 saturated heterocycles. The van der Waals surface area contributed by atoms with Crippen LogP contribution in [-0.2, 0) is 0 Å². The van der Waals surface area contributed by atoms with E-state index in [1.54, 1.807) is 12.4 Å². The highest BCUT2D eigenvalue weighted by Gasteiger charge is 2.04. The molecular formula is C16H24N2S. The van der Waals surface area contributed by atoms with Crippen LogP contribution in [0.5, 0.6) is 0 Å². The molecule has 1 rings (SSSR count). The second kappa shape index (κ2) is 8.92. The number of nitrogens with one attached hydrogen (secondary N) is 1. The van der Waals surface area contributed by atoms with Gasteiger partial charge in [0.05, 0.1) is 0 Å². The summed E-state index contributed by atoms with van der Waals surface area (Å²) in [4.78, 5) is 4.08. The molecule has 1 atom stereocenters. The molecule has 1 unspecified atom stereocenters. The highest BCUT2D eigenvalue weighted by molar-refractivity contribution is 8.16. The van der Waals surface area contributed by atoms with Crippen LogP contribution >= 0.6 is 11.8 Å². The fourth-order valence-corrected chi connectivity index (χ4v) is 2.64. The lowest BCUT2D eigenvalue weighted by molar-refractivity contribution is 0.576. The minimum absolute atomic E-state index is 0.572. The number of hydrogen-bond acceptors (Lipinski definition) is 3. The maximum atomic E-state index is 8.05. The first-order valence-corrected chi connectivity index (χ1v) is 7.86. The summed E-state index contributed by atoms with van der Waals surface area (Å²) >= 11 is 1.47. The lowest BCUT2D eigenvalue weighted by Crippen LogP contribution is -1.96. The van der Waals surface area contributed by atoms with Gasteiger partial charge in [-0.25, -0.2) is 0 Å². The molecule has 0 saturated carbocycles. The zero-order valence-electron chi connectivity index (χ0n) is 12.1. The van der Waals surface area contributed by atoms with Gasteiger partial charge in [-0.1, -0.05) is 50.9 Å². The normalized spacial score (nSPS) is 12.8. The molecule has 0 bridgehead atoms. The van der Waals surface area contributed by atoms with E-state index in [1.807, 2.05) is 18.4 Å². The van der Waals surface area contributed by atoms with Crippen molar-refractivity contribution in [1.82, 2.24) is 4.98 Å². The van der Waals surface area contributed by atoms with E-state index in [0.717, 1.165) is 11.1 Å². The van der Waals surface area contributed by atoms with Crippen LogP contribution in [0.1, 0.15) is 50.7 Å². The zero-order valence-corrected chi connectivity index (χ0v) is 13.0. The third-order valence-electron chi connectivity index (χ3n) is 3.14. The van der Waals surface area contributed by atoms with Gasteiger partial charge in [-0.2, -0.15) is 0 Å². The number of aryl methyl sites for hydroxylation is 1. The Hall–Kier alpha value is -1.09. The van der Waals surface area contributed by atoms with Gasteiger partial charge in [-0.15, -0.1) is 0 Å². The first-order valence-electron chi connectivity index (χ1n) is 6.98. The second-order valence-electron chi connectivity index (χ2n) is 4.94. The maximum absolute atomic E-state index is 8.05. The molecule has 1 aromatic heterocycles. The van der Waals surface area contributed by atoms with Crippen LogP contribution in [-0.4, -0.2) is 10.0 Å². The molecule has 0 aliphatic rings. The third-order valence-corrected chi connectivity index (χ3v) is 3.89. The van der Waals surface area contributed by atoms with Gasteiger partial charge in [0, 0.05) is 18.0 Å². The van der Waals surface area contributed by atoms with Gasteiger partial charge < -0.3 is 0 Å². The van der Waals surface area contributed by atoms with Gasteiger partial charge in [0.25, 0.3) is 0 Å². The molecule has 19 heavy (non-hydrogen) atoms. The molecule has 0 spiro atoms. The van der Waals surface area contributed by atoms with E-state index >= 15 is 0 Å². The fourth-order valence-electron chi connectivity index (χ4n) is 1.82. The molecule has 0 aliphatic heterocycles. The Balaban J connectivity index is 2.40. The number of aromatic nitrogens is 1. The first-order chi connectivity index (χ1) is 9.15. The average molecular weight is 276 g/mol. The van der Waals surface area contributed by atoms with Gasteiger partial charge in [0.2, 0.25) is 0 Å². The quantitative estimate of drug-likeness (QED) is 0.423. The van der Waals surface area contributed by atoms with Crippen molar-refractivity contribution in [1.29, 1.82) is 5.41 Å². The fraction of sp³-hybridized carbons (Fsp3) is 0.500. The molecule has 0 aliphatic carbocycles.